The number of ether oxygens (including phenoxy) is 1. The lowest BCUT2D eigenvalue weighted by Crippen LogP contribution is -2.04. The molecule has 3 aromatic carbocycles. The number of fused-ring (bicyclic) bond motifs is 3. The number of anilines is 3. The summed E-state index contributed by atoms with van der Waals surface area (Å²) in [6.45, 7) is 0. The van der Waals surface area contributed by atoms with E-state index in [1.807, 2.05) is 77.4 Å². The van der Waals surface area contributed by atoms with Crippen LogP contribution in [0.1, 0.15) is 0 Å². The first kappa shape index (κ1) is 16.2. The number of methoxy groups -OCH3 is 1. The van der Waals surface area contributed by atoms with Crippen molar-refractivity contribution < 1.29 is 4.74 Å². The van der Waals surface area contributed by atoms with Gasteiger partial charge in [-0.25, -0.2) is 0 Å². The van der Waals surface area contributed by atoms with Crippen LogP contribution in [0.3, 0.4) is 0 Å². The van der Waals surface area contributed by atoms with Gasteiger partial charge in [-0.05, 0) is 48.5 Å². The van der Waals surface area contributed by atoms with Crippen molar-refractivity contribution in [2.24, 2.45) is 0 Å². The van der Waals surface area contributed by atoms with Crippen LogP contribution in [-0.4, -0.2) is 26.5 Å². The molecule has 138 valence electrons. The lowest BCUT2D eigenvalue weighted by atomic mass is 10.2. The molecule has 0 amide bonds. The van der Waals surface area contributed by atoms with Gasteiger partial charge in [-0.3, -0.25) is 4.57 Å². The zero-order valence-corrected chi connectivity index (χ0v) is 15.2. The fourth-order valence-corrected chi connectivity index (χ4v) is 3.33. The summed E-state index contributed by atoms with van der Waals surface area (Å²) < 4.78 is 8.87. The molecule has 5 aromatic rings. The van der Waals surface area contributed by atoms with Crippen molar-refractivity contribution in [2.75, 3.05) is 18.2 Å². The van der Waals surface area contributed by atoms with Gasteiger partial charge in [-0.1, -0.05) is 24.3 Å². The number of nitrogens with two attached hydrogens (primary N) is 1. The molecule has 0 radical (unpaired) electrons. The van der Waals surface area contributed by atoms with Gasteiger partial charge in [0.15, 0.2) is 5.65 Å². The van der Waals surface area contributed by atoms with Gasteiger partial charge in [0.05, 0.1) is 24.0 Å². The smallest absolute Gasteiger partial charge is 0.234 e. The molecule has 0 saturated carbocycles. The second-order valence-corrected chi connectivity index (χ2v) is 6.40. The Morgan fingerprint density at radius 1 is 0.893 bits per heavy atom. The van der Waals surface area contributed by atoms with E-state index < -0.39 is 0 Å². The summed E-state index contributed by atoms with van der Waals surface area (Å²) in [6.07, 6.45) is 0. The molecule has 2 aromatic heterocycles. The molecule has 0 unspecified atom stereocenters. The van der Waals surface area contributed by atoms with Crippen LogP contribution in [0.15, 0.2) is 72.8 Å². The maximum Gasteiger partial charge on any atom is 0.234 e. The van der Waals surface area contributed by atoms with Crippen LogP contribution in [0, 0.1) is 0 Å². The highest BCUT2D eigenvalue weighted by Gasteiger charge is 2.19. The summed E-state index contributed by atoms with van der Waals surface area (Å²) in [4.78, 5) is 0. The maximum atomic E-state index is 6.29. The summed E-state index contributed by atoms with van der Waals surface area (Å²) in [7, 11) is 1.65. The Hall–Kier alpha value is -4.00. The van der Waals surface area contributed by atoms with Crippen LogP contribution in [-0.2, 0) is 0 Å². The molecule has 5 rings (SSSR count). The Morgan fingerprint density at radius 2 is 1.64 bits per heavy atom. The van der Waals surface area contributed by atoms with E-state index in [4.69, 9.17) is 10.5 Å². The molecule has 3 N–H and O–H groups in total. The lowest BCUT2D eigenvalue weighted by Gasteiger charge is -2.12. The van der Waals surface area contributed by atoms with Gasteiger partial charge in [-0.15, -0.1) is 14.8 Å². The number of hydrogen-bond acceptors (Lipinski definition) is 5. The number of nitrogens with one attached hydrogen (secondary N) is 1. The highest BCUT2D eigenvalue weighted by molar-refractivity contribution is 5.94. The minimum Gasteiger partial charge on any atom is -0.497 e. The normalized spacial score (nSPS) is 11.2. The summed E-state index contributed by atoms with van der Waals surface area (Å²) >= 11 is 0. The zero-order chi connectivity index (χ0) is 19.1. The second kappa shape index (κ2) is 6.31. The van der Waals surface area contributed by atoms with Crippen molar-refractivity contribution in [3.05, 3.63) is 72.8 Å². The van der Waals surface area contributed by atoms with Crippen LogP contribution < -0.4 is 15.8 Å². The number of benzene rings is 3. The average Bonchev–Trinajstić information content (AvgIpc) is 3.24. The molecule has 0 bridgehead atoms. The predicted molar refractivity (Wildman–Crippen MR) is 111 cm³/mol. The third-order valence-electron chi connectivity index (χ3n) is 4.67. The van der Waals surface area contributed by atoms with E-state index in [-0.39, 0.29) is 0 Å². The highest BCUT2D eigenvalue weighted by Crippen LogP contribution is 2.30. The fourth-order valence-electron chi connectivity index (χ4n) is 3.33. The first-order valence-electron chi connectivity index (χ1n) is 8.87. The molecule has 28 heavy (non-hydrogen) atoms. The van der Waals surface area contributed by atoms with Gasteiger partial charge in [0.1, 0.15) is 5.75 Å². The topological polar surface area (TPSA) is 82.4 Å². The number of nitrogen functional groups attached to an aromatic ring is 1. The third kappa shape index (κ3) is 2.52. The SMILES string of the molecule is COc1ccc(Nc2nn3nc4ccccc4c3n2-c2ccccc2N)cc1. The molecule has 0 saturated heterocycles. The first-order chi connectivity index (χ1) is 13.7. The third-order valence-corrected chi connectivity index (χ3v) is 4.67. The standard InChI is InChI=1S/C21H18N6O/c1-28-15-12-10-14(11-13-15)23-21-25-27-20(16-6-2-4-8-18(16)24-27)26(21)19-9-5-3-7-17(19)22/h2-13H,22H2,1H3,(H,23,25). The number of hydrogen-bond donors (Lipinski definition) is 2. The Labute approximate surface area is 161 Å². The molecule has 0 aliphatic heterocycles. The second-order valence-electron chi connectivity index (χ2n) is 6.40. The van der Waals surface area contributed by atoms with Crippen LogP contribution in [0.25, 0.3) is 22.2 Å². The van der Waals surface area contributed by atoms with Gasteiger partial charge in [-0.2, -0.15) is 0 Å². The van der Waals surface area contributed by atoms with E-state index in [0.29, 0.717) is 11.6 Å². The van der Waals surface area contributed by atoms with Crippen molar-refractivity contribution in [1.82, 2.24) is 19.4 Å². The minimum absolute atomic E-state index is 0.622. The molecular weight excluding hydrogens is 352 g/mol. The van der Waals surface area contributed by atoms with Crippen LogP contribution in [0.4, 0.5) is 17.3 Å². The number of para-hydroxylation sites is 2. The Bertz CT molecular complexity index is 1290. The predicted octanol–water partition coefficient (Wildman–Crippen LogP) is 4.01. The van der Waals surface area contributed by atoms with Gasteiger partial charge in [0.2, 0.25) is 5.95 Å². The van der Waals surface area contributed by atoms with Crippen LogP contribution in [0.2, 0.25) is 0 Å². The van der Waals surface area contributed by atoms with E-state index in [1.54, 1.807) is 11.7 Å². The van der Waals surface area contributed by atoms with Crippen molar-refractivity contribution in [1.29, 1.82) is 0 Å². The molecule has 7 heteroatoms. The maximum absolute atomic E-state index is 6.29. The van der Waals surface area contributed by atoms with E-state index in [1.165, 1.54) is 0 Å². The van der Waals surface area contributed by atoms with E-state index in [9.17, 15) is 0 Å². The first-order valence-corrected chi connectivity index (χ1v) is 8.87. The summed E-state index contributed by atoms with van der Waals surface area (Å²) in [5.74, 6) is 1.42. The van der Waals surface area contributed by atoms with E-state index >= 15 is 0 Å². The molecular formula is C21H18N6O. The van der Waals surface area contributed by atoms with E-state index in [2.05, 4.69) is 15.5 Å². The van der Waals surface area contributed by atoms with Crippen molar-refractivity contribution in [3.63, 3.8) is 0 Å². The average molecular weight is 370 g/mol. The minimum atomic E-state index is 0.622. The van der Waals surface area contributed by atoms with Crippen LogP contribution >= 0.6 is 0 Å². The molecule has 0 aliphatic carbocycles. The Kier molecular flexibility index (Phi) is 3.65. The van der Waals surface area contributed by atoms with Crippen molar-refractivity contribution in [2.45, 2.75) is 0 Å². The van der Waals surface area contributed by atoms with Gasteiger partial charge in [0.25, 0.3) is 0 Å². The molecule has 2 heterocycles. The number of aromatic nitrogens is 4. The monoisotopic (exact) mass is 370 g/mol. The molecule has 0 atom stereocenters. The summed E-state index contributed by atoms with van der Waals surface area (Å²) in [5, 5.41) is 13.7. The Morgan fingerprint density at radius 3 is 2.43 bits per heavy atom. The lowest BCUT2D eigenvalue weighted by molar-refractivity contribution is 0.415. The molecule has 0 spiro atoms. The zero-order valence-electron chi connectivity index (χ0n) is 15.2. The molecule has 7 nitrogen and oxygen atoms in total. The van der Waals surface area contributed by atoms with Crippen molar-refractivity contribution >= 4 is 33.9 Å². The largest absolute Gasteiger partial charge is 0.497 e. The quantitative estimate of drug-likeness (QED) is 0.467. The van der Waals surface area contributed by atoms with E-state index in [0.717, 1.165) is 33.7 Å². The summed E-state index contributed by atoms with van der Waals surface area (Å²) in [6, 6.07) is 23.3. The fraction of sp³-hybridized carbons (Fsp3) is 0.0476. The van der Waals surface area contributed by atoms with Crippen molar-refractivity contribution in [3.8, 4) is 11.4 Å². The van der Waals surface area contributed by atoms with Gasteiger partial charge < -0.3 is 15.8 Å². The number of rotatable bonds is 4. The molecule has 0 aliphatic rings. The Balaban J connectivity index is 1.74. The number of nitrogens with zero attached hydrogens (tertiary/aromatic N) is 4. The summed E-state index contributed by atoms with van der Waals surface area (Å²) in [5.41, 5.74) is 10.4. The highest BCUT2D eigenvalue weighted by atomic mass is 16.5. The molecule has 0 fully saturated rings. The van der Waals surface area contributed by atoms with Crippen LogP contribution in [0.5, 0.6) is 5.75 Å². The van der Waals surface area contributed by atoms with Gasteiger partial charge in [0, 0.05) is 11.1 Å². The van der Waals surface area contributed by atoms with Gasteiger partial charge >= 0.3 is 0 Å².